The van der Waals surface area contributed by atoms with Gasteiger partial charge in [0.05, 0.1) is 21.3 Å². The van der Waals surface area contributed by atoms with Gasteiger partial charge in [-0.25, -0.2) is 0 Å². The minimum atomic E-state index is -0.436. The van der Waals surface area contributed by atoms with Crippen molar-refractivity contribution in [1.82, 2.24) is 5.32 Å². The van der Waals surface area contributed by atoms with E-state index in [1.807, 2.05) is 0 Å². The van der Waals surface area contributed by atoms with E-state index in [0.29, 0.717) is 17.2 Å². The number of nitrogens with two attached hydrogens (primary N) is 1. The van der Waals surface area contributed by atoms with Crippen molar-refractivity contribution in [2.45, 2.75) is 12.5 Å². The van der Waals surface area contributed by atoms with Crippen molar-refractivity contribution >= 4 is 5.91 Å². The SMILES string of the molecule is CNC(=O)CC(N)c1cc(OC)c(OC)c(OC)c1. The molecular formula is C13H20N2O4. The van der Waals surface area contributed by atoms with Crippen molar-refractivity contribution in [1.29, 1.82) is 0 Å². The number of benzene rings is 1. The second-order valence-electron chi connectivity index (χ2n) is 3.94. The van der Waals surface area contributed by atoms with Crippen molar-refractivity contribution < 1.29 is 19.0 Å². The second kappa shape index (κ2) is 6.84. The van der Waals surface area contributed by atoms with Crippen molar-refractivity contribution in [2.24, 2.45) is 5.73 Å². The topological polar surface area (TPSA) is 82.8 Å². The van der Waals surface area contributed by atoms with Crippen molar-refractivity contribution in [3.63, 3.8) is 0 Å². The molecule has 0 radical (unpaired) electrons. The first-order chi connectivity index (χ1) is 9.07. The Morgan fingerprint density at radius 3 is 2.11 bits per heavy atom. The van der Waals surface area contributed by atoms with Gasteiger partial charge in [0.2, 0.25) is 11.7 Å². The van der Waals surface area contributed by atoms with Crippen LogP contribution >= 0.6 is 0 Å². The molecule has 1 rings (SSSR count). The molecular weight excluding hydrogens is 248 g/mol. The van der Waals surface area contributed by atoms with Crippen molar-refractivity contribution in [2.75, 3.05) is 28.4 Å². The summed E-state index contributed by atoms with van der Waals surface area (Å²) >= 11 is 0. The molecule has 1 atom stereocenters. The van der Waals surface area contributed by atoms with E-state index in [9.17, 15) is 4.79 Å². The zero-order valence-electron chi connectivity index (χ0n) is 11.6. The van der Waals surface area contributed by atoms with Gasteiger partial charge < -0.3 is 25.3 Å². The van der Waals surface area contributed by atoms with Gasteiger partial charge in [-0.1, -0.05) is 0 Å². The largest absolute Gasteiger partial charge is 0.493 e. The first-order valence-electron chi connectivity index (χ1n) is 5.83. The van der Waals surface area contributed by atoms with Crippen molar-refractivity contribution in [3.05, 3.63) is 17.7 Å². The highest BCUT2D eigenvalue weighted by Gasteiger charge is 2.18. The van der Waals surface area contributed by atoms with Crippen LogP contribution in [0, 0.1) is 0 Å². The molecule has 0 aliphatic rings. The highest BCUT2D eigenvalue weighted by molar-refractivity contribution is 5.76. The maximum atomic E-state index is 11.3. The highest BCUT2D eigenvalue weighted by atomic mass is 16.5. The van der Waals surface area contributed by atoms with Crippen LogP contribution in [0.1, 0.15) is 18.0 Å². The zero-order valence-corrected chi connectivity index (χ0v) is 11.6. The summed E-state index contributed by atoms with van der Waals surface area (Å²) in [6.45, 7) is 0. The fourth-order valence-electron chi connectivity index (χ4n) is 1.74. The molecule has 0 spiro atoms. The molecule has 0 saturated heterocycles. The number of carbonyl (C=O) groups excluding carboxylic acids is 1. The van der Waals surface area contributed by atoms with Gasteiger partial charge in [0.25, 0.3) is 0 Å². The van der Waals surface area contributed by atoms with E-state index in [2.05, 4.69) is 5.32 Å². The molecule has 0 aromatic heterocycles. The lowest BCUT2D eigenvalue weighted by Crippen LogP contribution is -2.24. The van der Waals surface area contributed by atoms with Gasteiger partial charge >= 0.3 is 0 Å². The van der Waals surface area contributed by atoms with Gasteiger partial charge in [-0.05, 0) is 17.7 Å². The lowest BCUT2D eigenvalue weighted by atomic mass is 10.0. The number of amides is 1. The molecule has 0 aliphatic carbocycles. The fourth-order valence-corrected chi connectivity index (χ4v) is 1.74. The summed E-state index contributed by atoms with van der Waals surface area (Å²) in [7, 11) is 6.17. The van der Waals surface area contributed by atoms with Crippen LogP contribution in [0.25, 0.3) is 0 Å². The number of ether oxygens (including phenoxy) is 3. The van der Waals surface area contributed by atoms with Gasteiger partial charge in [-0.3, -0.25) is 4.79 Å². The van der Waals surface area contributed by atoms with Crippen LogP contribution in [0.3, 0.4) is 0 Å². The summed E-state index contributed by atoms with van der Waals surface area (Å²) in [5.41, 5.74) is 6.75. The molecule has 6 nitrogen and oxygen atoms in total. The molecule has 1 aromatic carbocycles. The number of hydrogen-bond donors (Lipinski definition) is 2. The Bertz CT molecular complexity index is 423. The third-order valence-electron chi connectivity index (χ3n) is 2.80. The Balaban J connectivity index is 3.11. The van der Waals surface area contributed by atoms with Gasteiger partial charge in [0.1, 0.15) is 0 Å². The van der Waals surface area contributed by atoms with Crippen LogP contribution in [-0.4, -0.2) is 34.3 Å². The monoisotopic (exact) mass is 268 g/mol. The van der Waals surface area contributed by atoms with E-state index in [0.717, 1.165) is 5.56 Å². The average Bonchev–Trinajstić information content (AvgIpc) is 2.44. The van der Waals surface area contributed by atoms with Crippen LogP contribution in [0.5, 0.6) is 17.2 Å². The van der Waals surface area contributed by atoms with E-state index in [4.69, 9.17) is 19.9 Å². The molecule has 0 heterocycles. The normalized spacial score (nSPS) is 11.6. The maximum absolute atomic E-state index is 11.3. The maximum Gasteiger partial charge on any atom is 0.221 e. The molecule has 0 fully saturated rings. The number of methoxy groups -OCH3 is 3. The molecule has 0 aliphatic heterocycles. The van der Waals surface area contributed by atoms with E-state index >= 15 is 0 Å². The smallest absolute Gasteiger partial charge is 0.221 e. The van der Waals surface area contributed by atoms with E-state index < -0.39 is 6.04 Å². The molecule has 1 unspecified atom stereocenters. The summed E-state index contributed by atoms with van der Waals surface area (Å²) in [6, 6.07) is 3.05. The molecule has 1 aromatic rings. The van der Waals surface area contributed by atoms with Crippen LogP contribution in [0.2, 0.25) is 0 Å². The lowest BCUT2D eigenvalue weighted by Gasteiger charge is -2.17. The minimum Gasteiger partial charge on any atom is -0.493 e. The van der Waals surface area contributed by atoms with E-state index in [-0.39, 0.29) is 12.3 Å². The Hall–Kier alpha value is -1.95. The molecule has 1 amide bonds. The number of carbonyl (C=O) groups is 1. The summed E-state index contributed by atoms with van der Waals surface area (Å²) < 4.78 is 15.7. The summed E-state index contributed by atoms with van der Waals surface area (Å²) in [6.07, 6.45) is 0.190. The second-order valence-corrected chi connectivity index (χ2v) is 3.94. The number of nitrogens with one attached hydrogen (secondary N) is 1. The van der Waals surface area contributed by atoms with Gasteiger partial charge in [-0.15, -0.1) is 0 Å². The van der Waals surface area contributed by atoms with Crippen molar-refractivity contribution in [3.8, 4) is 17.2 Å². The fraction of sp³-hybridized carbons (Fsp3) is 0.462. The standard InChI is InChI=1S/C13H20N2O4/c1-15-12(16)7-9(14)8-5-10(17-2)13(19-4)11(6-8)18-3/h5-6,9H,7,14H2,1-4H3,(H,15,16). The summed E-state index contributed by atoms with van der Waals surface area (Å²) in [4.78, 5) is 11.3. The zero-order chi connectivity index (χ0) is 14.4. The van der Waals surface area contributed by atoms with Gasteiger partial charge in [0, 0.05) is 19.5 Å². The third-order valence-corrected chi connectivity index (χ3v) is 2.80. The van der Waals surface area contributed by atoms with E-state index in [1.165, 1.54) is 21.3 Å². The van der Waals surface area contributed by atoms with Crippen LogP contribution in [-0.2, 0) is 4.79 Å². The Morgan fingerprint density at radius 2 is 1.74 bits per heavy atom. The lowest BCUT2D eigenvalue weighted by molar-refractivity contribution is -0.120. The van der Waals surface area contributed by atoms with Gasteiger partial charge in [-0.2, -0.15) is 0 Å². The number of hydrogen-bond acceptors (Lipinski definition) is 5. The van der Waals surface area contributed by atoms with Crippen LogP contribution in [0.15, 0.2) is 12.1 Å². The molecule has 19 heavy (non-hydrogen) atoms. The molecule has 0 saturated carbocycles. The first kappa shape index (κ1) is 15.1. The highest BCUT2D eigenvalue weighted by Crippen LogP contribution is 2.39. The predicted octanol–water partition coefficient (Wildman–Crippen LogP) is 0.848. The quantitative estimate of drug-likeness (QED) is 0.799. The van der Waals surface area contributed by atoms with Gasteiger partial charge in [0.15, 0.2) is 11.5 Å². The first-order valence-corrected chi connectivity index (χ1v) is 5.83. The summed E-state index contributed by atoms with van der Waals surface area (Å²) in [5.74, 6) is 1.41. The Morgan fingerprint density at radius 1 is 1.21 bits per heavy atom. The molecule has 106 valence electrons. The predicted molar refractivity (Wildman–Crippen MR) is 71.7 cm³/mol. The Kier molecular flexibility index (Phi) is 5.44. The summed E-state index contributed by atoms with van der Waals surface area (Å²) in [5, 5.41) is 2.54. The Labute approximate surface area is 112 Å². The molecule has 0 bridgehead atoms. The minimum absolute atomic E-state index is 0.124. The molecule has 6 heteroatoms. The number of rotatable bonds is 6. The average molecular weight is 268 g/mol. The van der Waals surface area contributed by atoms with Crippen LogP contribution in [0.4, 0.5) is 0 Å². The third kappa shape index (κ3) is 3.51. The van der Waals surface area contributed by atoms with Crippen LogP contribution < -0.4 is 25.3 Å². The van der Waals surface area contributed by atoms with E-state index in [1.54, 1.807) is 19.2 Å². The molecule has 3 N–H and O–H groups in total.